The standard InChI is InChI=1S/C16H18O4/c1-9(2)12-6-11(16(17)18)5-10-7-14(19-3)15(20-4)8-13(10)12/h5-9H,1-4H3,(H,17,18). The molecule has 0 aromatic heterocycles. The number of hydrogen-bond acceptors (Lipinski definition) is 3. The average Bonchev–Trinajstić information content (AvgIpc) is 2.43. The van der Waals surface area contributed by atoms with Gasteiger partial charge in [-0.1, -0.05) is 13.8 Å². The van der Waals surface area contributed by atoms with Crippen LogP contribution in [0.1, 0.15) is 35.7 Å². The normalized spacial score (nSPS) is 10.8. The molecule has 0 saturated heterocycles. The van der Waals surface area contributed by atoms with Crippen molar-refractivity contribution in [2.45, 2.75) is 19.8 Å². The van der Waals surface area contributed by atoms with Crippen molar-refractivity contribution in [3.8, 4) is 11.5 Å². The first-order chi connectivity index (χ1) is 9.47. The van der Waals surface area contributed by atoms with Gasteiger partial charge >= 0.3 is 5.97 Å². The first-order valence-corrected chi connectivity index (χ1v) is 6.41. The lowest BCUT2D eigenvalue weighted by molar-refractivity contribution is 0.0697. The second kappa shape index (κ2) is 5.41. The van der Waals surface area contributed by atoms with Gasteiger partial charge in [-0.3, -0.25) is 0 Å². The molecule has 1 N–H and O–H groups in total. The van der Waals surface area contributed by atoms with Gasteiger partial charge in [0.15, 0.2) is 11.5 Å². The van der Waals surface area contributed by atoms with Crippen LogP contribution in [-0.4, -0.2) is 25.3 Å². The lowest BCUT2D eigenvalue weighted by Crippen LogP contribution is -2.00. The highest BCUT2D eigenvalue weighted by Crippen LogP contribution is 2.36. The number of rotatable bonds is 4. The predicted molar refractivity (Wildman–Crippen MR) is 78.1 cm³/mol. The number of benzene rings is 2. The Balaban J connectivity index is 2.82. The molecule has 0 bridgehead atoms. The van der Waals surface area contributed by atoms with E-state index in [1.807, 2.05) is 26.0 Å². The molecular formula is C16H18O4. The van der Waals surface area contributed by atoms with E-state index in [0.29, 0.717) is 11.5 Å². The van der Waals surface area contributed by atoms with Crippen molar-refractivity contribution < 1.29 is 19.4 Å². The summed E-state index contributed by atoms with van der Waals surface area (Å²) in [4.78, 5) is 11.2. The first-order valence-electron chi connectivity index (χ1n) is 6.41. The second-order valence-electron chi connectivity index (χ2n) is 4.95. The highest BCUT2D eigenvalue weighted by atomic mass is 16.5. The summed E-state index contributed by atoms with van der Waals surface area (Å²) in [7, 11) is 3.15. The molecule has 2 aromatic carbocycles. The molecule has 0 heterocycles. The van der Waals surface area contributed by atoms with E-state index in [1.54, 1.807) is 26.4 Å². The quantitative estimate of drug-likeness (QED) is 0.924. The number of carboxylic acids is 1. The maximum Gasteiger partial charge on any atom is 0.335 e. The summed E-state index contributed by atoms with van der Waals surface area (Å²) in [5, 5.41) is 11.0. The van der Waals surface area contributed by atoms with Crippen molar-refractivity contribution in [1.29, 1.82) is 0 Å². The summed E-state index contributed by atoms with van der Waals surface area (Å²) in [5.41, 5.74) is 1.27. The third-order valence-corrected chi connectivity index (χ3v) is 3.36. The molecule has 0 aliphatic heterocycles. The van der Waals surface area contributed by atoms with Crippen LogP contribution in [0.2, 0.25) is 0 Å². The van der Waals surface area contributed by atoms with Gasteiger partial charge in [0.2, 0.25) is 0 Å². The van der Waals surface area contributed by atoms with Gasteiger partial charge in [0.25, 0.3) is 0 Å². The Morgan fingerprint density at radius 1 is 1.05 bits per heavy atom. The first kappa shape index (κ1) is 14.2. The van der Waals surface area contributed by atoms with Crippen LogP contribution in [0.15, 0.2) is 24.3 Å². The Labute approximate surface area is 117 Å². The molecule has 4 nitrogen and oxygen atoms in total. The lowest BCUT2D eigenvalue weighted by atomic mass is 9.93. The monoisotopic (exact) mass is 274 g/mol. The number of ether oxygens (including phenoxy) is 2. The molecule has 0 radical (unpaired) electrons. The van der Waals surface area contributed by atoms with Crippen molar-refractivity contribution >= 4 is 16.7 Å². The minimum absolute atomic E-state index is 0.218. The molecule has 106 valence electrons. The van der Waals surface area contributed by atoms with Gasteiger partial charge in [-0.25, -0.2) is 4.79 Å². The molecule has 0 unspecified atom stereocenters. The molecule has 0 aliphatic rings. The Bertz CT molecular complexity index is 659. The summed E-state index contributed by atoms with van der Waals surface area (Å²) in [6.45, 7) is 4.08. The van der Waals surface area contributed by atoms with Crippen LogP contribution >= 0.6 is 0 Å². The van der Waals surface area contributed by atoms with E-state index in [2.05, 4.69) is 0 Å². The highest BCUT2D eigenvalue weighted by molar-refractivity contribution is 5.97. The van der Waals surface area contributed by atoms with Gasteiger partial charge < -0.3 is 14.6 Å². The van der Waals surface area contributed by atoms with Crippen molar-refractivity contribution in [2.75, 3.05) is 14.2 Å². The van der Waals surface area contributed by atoms with Crippen LogP contribution in [0.25, 0.3) is 10.8 Å². The van der Waals surface area contributed by atoms with E-state index in [1.165, 1.54) is 0 Å². The smallest absolute Gasteiger partial charge is 0.335 e. The Hall–Kier alpha value is -2.23. The zero-order valence-corrected chi connectivity index (χ0v) is 12.1. The van der Waals surface area contributed by atoms with Gasteiger partial charge in [0, 0.05) is 0 Å². The third-order valence-electron chi connectivity index (χ3n) is 3.36. The van der Waals surface area contributed by atoms with Crippen molar-refractivity contribution in [1.82, 2.24) is 0 Å². The zero-order valence-electron chi connectivity index (χ0n) is 12.1. The number of fused-ring (bicyclic) bond motifs is 1. The van der Waals surface area contributed by atoms with Gasteiger partial charge in [0.05, 0.1) is 19.8 Å². The number of methoxy groups -OCH3 is 2. The van der Waals surface area contributed by atoms with Crippen LogP contribution in [0.3, 0.4) is 0 Å². The highest BCUT2D eigenvalue weighted by Gasteiger charge is 2.14. The van der Waals surface area contributed by atoms with E-state index in [9.17, 15) is 9.90 Å². The maximum atomic E-state index is 11.2. The molecule has 2 aromatic rings. The summed E-state index contributed by atoms with van der Waals surface area (Å²) >= 11 is 0. The second-order valence-corrected chi connectivity index (χ2v) is 4.95. The van der Waals surface area contributed by atoms with Gasteiger partial charge in [-0.2, -0.15) is 0 Å². The molecule has 0 aliphatic carbocycles. The van der Waals surface area contributed by atoms with Gasteiger partial charge in [-0.05, 0) is 46.5 Å². The molecule has 0 saturated carbocycles. The number of hydrogen-bond donors (Lipinski definition) is 1. The molecule has 0 fully saturated rings. The molecule has 0 spiro atoms. The number of aromatic carboxylic acids is 1. The topological polar surface area (TPSA) is 55.8 Å². The van der Waals surface area contributed by atoms with Crippen molar-refractivity contribution in [3.63, 3.8) is 0 Å². The van der Waals surface area contributed by atoms with Crippen LogP contribution in [0, 0.1) is 0 Å². The van der Waals surface area contributed by atoms with E-state index in [-0.39, 0.29) is 11.5 Å². The van der Waals surface area contributed by atoms with Crippen LogP contribution in [0.5, 0.6) is 11.5 Å². The Kier molecular flexibility index (Phi) is 3.84. The SMILES string of the molecule is COc1cc2cc(C(=O)O)cc(C(C)C)c2cc1OC. The van der Waals surface area contributed by atoms with Crippen molar-refractivity contribution in [3.05, 3.63) is 35.4 Å². The van der Waals surface area contributed by atoms with Crippen LogP contribution in [-0.2, 0) is 0 Å². The molecular weight excluding hydrogens is 256 g/mol. The van der Waals surface area contributed by atoms with E-state index >= 15 is 0 Å². The van der Waals surface area contributed by atoms with Gasteiger partial charge in [-0.15, -0.1) is 0 Å². The number of carboxylic acid groups (broad SMARTS) is 1. The Morgan fingerprint density at radius 2 is 1.65 bits per heavy atom. The van der Waals surface area contributed by atoms with Gasteiger partial charge in [0.1, 0.15) is 0 Å². The molecule has 2 rings (SSSR count). The summed E-state index contributed by atoms with van der Waals surface area (Å²) < 4.78 is 10.6. The lowest BCUT2D eigenvalue weighted by Gasteiger charge is -2.15. The fraction of sp³-hybridized carbons (Fsp3) is 0.312. The summed E-state index contributed by atoms with van der Waals surface area (Å²) in [5.74, 6) is 0.528. The Morgan fingerprint density at radius 3 is 2.15 bits per heavy atom. The van der Waals surface area contributed by atoms with E-state index < -0.39 is 5.97 Å². The number of carbonyl (C=O) groups is 1. The maximum absolute atomic E-state index is 11.2. The molecule has 20 heavy (non-hydrogen) atoms. The summed E-state index contributed by atoms with van der Waals surface area (Å²) in [6.07, 6.45) is 0. The fourth-order valence-electron chi connectivity index (χ4n) is 2.32. The predicted octanol–water partition coefficient (Wildman–Crippen LogP) is 3.68. The molecule has 0 amide bonds. The van der Waals surface area contributed by atoms with Crippen LogP contribution in [0.4, 0.5) is 0 Å². The molecule has 4 heteroatoms. The largest absolute Gasteiger partial charge is 0.493 e. The average molecular weight is 274 g/mol. The van der Waals surface area contributed by atoms with Crippen molar-refractivity contribution in [2.24, 2.45) is 0 Å². The fourth-order valence-corrected chi connectivity index (χ4v) is 2.32. The minimum Gasteiger partial charge on any atom is -0.493 e. The van der Waals surface area contributed by atoms with Crippen LogP contribution < -0.4 is 9.47 Å². The summed E-state index contributed by atoms with van der Waals surface area (Å²) in [6, 6.07) is 7.09. The van der Waals surface area contributed by atoms with E-state index in [0.717, 1.165) is 16.3 Å². The third kappa shape index (κ3) is 2.41. The zero-order chi connectivity index (χ0) is 14.9. The molecule has 0 atom stereocenters. The van der Waals surface area contributed by atoms with E-state index in [4.69, 9.17) is 9.47 Å². The minimum atomic E-state index is -0.927.